The number of carbonyl (C=O) groups is 2. The van der Waals surface area contributed by atoms with Gasteiger partial charge in [-0.05, 0) is 29.9 Å². The Labute approximate surface area is 175 Å². The normalized spacial score (nSPS) is 22.4. The van der Waals surface area contributed by atoms with Gasteiger partial charge in [0.15, 0.2) is 11.6 Å². The number of nitrogens with two attached hydrogens (primary N) is 1. The highest BCUT2D eigenvalue weighted by molar-refractivity contribution is 5.79. The van der Waals surface area contributed by atoms with Crippen molar-refractivity contribution >= 4 is 11.8 Å². The first-order chi connectivity index (χ1) is 13.9. The van der Waals surface area contributed by atoms with Crippen LogP contribution in [0.15, 0.2) is 12.1 Å². The lowest BCUT2D eigenvalue weighted by Crippen LogP contribution is -2.43. The van der Waals surface area contributed by atoms with Crippen molar-refractivity contribution in [3.05, 3.63) is 35.1 Å². The molecule has 30 heavy (non-hydrogen) atoms. The number of halogens is 3. The van der Waals surface area contributed by atoms with Crippen molar-refractivity contribution in [2.24, 2.45) is 17.1 Å². The molecule has 0 aromatic heterocycles. The molecule has 0 spiro atoms. The van der Waals surface area contributed by atoms with Gasteiger partial charge in [-0.15, -0.1) is 0 Å². The molecule has 166 valence electrons. The van der Waals surface area contributed by atoms with E-state index in [1.165, 1.54) is 0 Å². The van der Waals surface area contributed by atoms with Gasteiger partial charge < -0.3 is 15.5 Å². The van der Waals surface area contributed by atoms with Gasteiger partial charge in [0.05, 0.1) is 6.04 Å². The molecule has 1 aromatic rings. The van der Waals surface area contributed by atoms with E-state index >= 15 is 0 Å². The van der Waals surface area contributed by atoms with Gasteiger partial charge in [-0.3, -0.25) is 9.59 Å². The van der Waals surface area contributed by atoms with Crippen LogP contribution in [0, 0.1) is 28.8 Å². The fourth-order valence-electron chi connectivity index (χ4n) is 4.46. The van der Waals surface area contributed by atoms with E-state index in [4.69, 9.17) is 5.73 Å². The molecule has 0 radical (unpaired) electrons. The number of hydrogen-bond donors (Lipinski definition) is 1. The molecule has 0 saturated carbocycles. The predicted molar refractivity (Wildman–Crippen MR) is 107 cm³/mol. The summed E-state index contributed by atoms with van der Waals surface area (Å²) in [5, 5.41) is 0. The van der Waals surface area contributed by atoms with Gasteiger partial charge in [0, 0.05) is 50.5 Å². The summed E-state index contributed by atoms with van der Waals surface area (Å²) in [7, 11) is 0. The van der Waals surface area contributed by atoms with Crippen molar-refractivity contribution in [2.75, 3.05) is 19.6 Å². The van der Waals surface area contributed by atoms with Gasteiger partial charge in [-0.1, -0.05) is 20.8 Å². The van der Waals surface area contributed by atoms with Crippen LogP contribution in [0.2, 0.25) is 0 Å². The highest BCUT2D eigenvalue weighted by Crippen LogP contribution is 2.33. The Hall–Kier alpha value is -2.09. The fourth-order valence-corrected chi connectivity index (χ4v) is 4.46. The van der Waals surface area contributed by atoms with Crippen LogP contribution < -0.4 is 5.73 Å². The molecule has 2 amide bonds. The molecule has 2 aliphatic rings. The average molecular weight is 425 g/mol. The molecule has 3 rings (SSSR count). The number of nitrogens with zero attached hydrogens (tertiary/aromatic N) is 2. The summed E-state index contributed by atoms with van der Waals surface area (Å²) in [5.74, 6) is -3.05. The summed E-state index contributed by atoms with van der Waals surface area (Å²) in [4.78, 5) is 29.0. The van der Waals surface area contributed by atoms with Gasteiger partial charge in [-0.2, -0.15) is 0 Å². The first-order valence-electron chi connectivity index (χ1n) is 10.4. The van der Waals surface area contributed by atoms with E-state index in [-0.39, 0.29) is 47.6 Å². The van der Waals surface area contributed by atoms with Crippen molar-refractivity contribution in [1.82, 2.24) is 9.80 Å². The molecule has 0 bridgehead atoms. The summed E-state index contributed by atoms with van der Waals surface area (Å²) in [6.07, 6.45) is 1.22. The SMILES string of the molecule is CC(C)(C)CC(=O)N1C[C@@H]2CCN(C(=O)CC(N)Cc3cc(F)c(F)cc3F)[C@@H]2C1. The molecule has 1 unspecified atom stereocenters. The van der Waals surface area contributed by atoms with Gasteiger partial charge in [0.2, 0.25) is 11.8 Å². The topological polar surface area (TPSA) is 66.6 Å². The summed E-state index contributed by atoms with van der Waals surface area (Å²) in [6, 6.07) is 0.548. The predicted octanol–water partition coefficient (Wildman–Crippen LogP) is 2.86. The van der Waals surface area contributed by atoms with Crippen molar-refractivity contribution in [3.8, 4) is 0 Å². The molecule has 2 heterocycles. The van der Waals surface area contributed by atoms with E-state index < -0.39 is 23.5 Å². The lowest BCUT2D eigenvalue weighted by molar-refractivity contribution is -0.135. The summed E-state index contributed by atoms with van der Waals surface area (Å²) >= 11 is 0. The lowest BCUT2D eigenvalue weighted by atomic mass is 9.91. The van der Waals surface area contributed by atoms with Crippen LogP contribution in [-0.2, 0) is 16.0 Å². The van der Waals surface area contributed by atoms with E-state index in [1.807, 2.05) is 25.7 Å². The Morgan fingerprint density at radius 1 is 1.10 bits per heavy atom. The van der Waals surface area contributed by atoms with E-state index in [1.54, 1.807) is 4.90 Å². The Morgan fingerprint density at radius 2 is 1.77 bits per heavy atom. The Bertz CT molecular complexity index is 825. The van der Waals surface area contributed by atoms with Crippen molar-refractivity contribution in [1.29, 1.82) is 0 Å². The third kappa shape index (κ3) is 5.14. The van der Waals surface area contributed by atoms with Crippen molar-refractivity contribution in [2.45, 2.75) is 58.5 Å². The van der Waals surface area contributed by atoms with Gasteiger partial charge in [-0.25, -0.2) is 13.2 Å². The third-order valence-electron chi connectivity index (χ3n) is 5.91. The number of amides is 2. The smallest absolute Gasteiger partial charge is 0.224 e. The van der Waals surface area contributed by atoms with Crippen LogP contribution in [0.5, 0.6) is 0 Å². The number of benzene rings is 1. The number of hydrogen-bond acceptors (Lipinski definition) is 3. The second-order valence-corrected chi connectivity index (χ2v) is 9.77. The summed E-state index contributed by atoms with van der Waals surface area (Å²) in [5.41, 5.74) is 5.88. The molecule has 5 nitrogen and oxygen atoms in total. The number of carbonyl (C=O) groups excluding carboxylic acids is 2. The molecule has 2 saturated heterocycles. The first-order valence-corrected chi connectivity index (χ1v) is 10.4. The largest absolute Gasteiger partial charge is 0.340 e. The average Bonchev–Trinajstić information content (AvgIpc) is 3.18. The second-order valence-electron chi connectivity index (χ2n) is 9.77. The maximum atomic E-state index is 13.8. The fraction of sp³-hybridized carbons (Fsp3) is 0.636. The van der Waals surface area contributed by atoms with Crippen LogP contribution in [0.4, 0.5) is 13.2 Å². The van der Waals surface area contributed by atoms with Crippen molar-refractivity contribution in [3.63, 3.8) is 0 Å². The van der Waals surface area contributed by atoms with Gasteiger partial charge in [0.1, 0.15) is 5.82 Å². The van der Waals surface area contributed by atoms with E-state index in [2.05, 4.69) is 0 Å². The number of likely N-dealkylation sites (tertiary alicyclic amines) is 2. The number of fused-ring (bicyclic) bond motifs is 1. The highest BCUT2D eigenvalue weighted by Gasteiger charge is 2.44. The Kier molecular flexibility index (Phi) is 6.45. The van der Waals surface area contributed by atoms with Gasteiger partial charge in [0.25, 0.3) is 0 Å². The third-order valence-corrected chi connectivity index (χ3v) is 5.91. The molecule has 8 heteroatoms. The quantitative estimate of drug-likeness (QED) is 0.738. The van der Waals surface area contributed by atoms with Crippen LogP contribution in [-0.4, -0.2) is 53.3 Å². The molecular weight excluding hydrogens is 395 g/mol. The van der Waals surface area contributed by atoms with Crippen molar-refractivity contribution < 1.29 is 22.8 Å². The zero-order valence-electron chi connectivity index (χ0n) is 17.8. The van der Waals surface area contributed by atoms with Crippen LogP contribution >= 0.6 is 0 Å². The highest BCUT2D eigenvalue weighted by atomic mass is 19.2. The molecule has 0 aliphatic carbocycles. The molecule has 2 N–H and O–H groups in total. The standard InChI is InChI=1S/C22H30F3N3O2/c1-22(2,3)10-21(30)27-11-13-4-5-28(19(13)12-27)20(29)8-15(26)6-14-7-17(24)18(25)9-16(14)23/h7,9,13,15,19H,4-6,8,10-12,26H2,1-3H3/t13-,15?,19+/m0/s1. The molecule has 3 atom stereocenters. The van der Waals surface area contributed by atoms with E-state index in [0.717, 1.165) is 12.5 Å². The number of rotatable bonds is 5. The lowest BCUT2D eigenvalue weighted by Gasteiger charge is -2.27. The molecule has 1 aromatic carbocycles. The van der Waals surface area contributed by atoms with E-state index in [9.17, 15) is 22.8 Å². The maximum Gasteiger partial charge on any atom is 0.224 e. The minimum atomic E-state index is -1.25. The zero-order chi connectivity index (χ0) is 22.2. The Balaban J connectivity index is 1.57. The second kappa shape index (κ2) is 8.57. The van der Waals surface area contributed by atoms with Crippen LogP contribution in [0.3, 0.4) is 0 Å². The minimum absolute atomic E-state index is 0.0163. The maximum absolute atomic E-state index is 13.8. The van der Waals surface area contributed by atoms with Crippen LogP contribution in [0.1, 0.15) is 45.6 Å². The zero-order valence-corrected chi connectivity index (χ0v) is 17.8. The van der Waals surface area contributed by atoms with Crippen LogP contribution in [0.25, 0.3) is 0 Å². The Morgan fingerprint density at radius 3 is 2.43 bits per heavy atom. The monoisotopic (exact) mass is 425 g/mol. The summed E-state index contributed by atoms with van der Waals surface area (Å²) in [6.45, 7) is 7.87. The first kappa shape index (κ1) is 22.6. The summed E-state index contributed by atoms with van der Waals surface area (Å²) < 4.78 is 40.3. The molecule has 2 fully saturated rings. The minimum Gasteiger partial charge on any atom is -0.340 e. The molecule has 2 aliphatic heterocycles. The van der Waals surface area contributed by atoms with Gasteiger partial charge >= 0.3 is 0 Å². The van der Waals surface area contributed by atoms with E-state index in [0.29, 0.717) is 32.1 Å². The molecular formula is C22H30F3N3O2.